The number of hydrogen-bond donors (Lipinski definition) is 2. The summed E-state index contributed by atoms with van der Waals surface area (Å²) < 4.78 is 1.82. The van der Waals surface area contributed by atoms with E-state index in [1.165, 1.54) is 0 Å². The molecular formula is C8H13N3O. The van der Waals surface area contributed by atoms with Crippen LogP contribution in [-0.4, -0.2) is 24.2 Å². The van der Waals surface area contributed by atoms with Gasteiger partial charge in [-0.15, -0.1) is 0 Å². The third-order valence-electron chi connectivity index (χ3n) is 1.53. The Morgan fingerprint density at radius 1 is 1.42 bits per heavy atom. The van der Waals surface area contributed by atoms with E-state index in [4.69, 9.17) is 0 Å². The van der Waals surface area contributed by atoms with E-state index in [0.29, 0.717) is 13.0 Å². The van der Waals surface area contributed by atoms with Gasteiger partial charge in [-0.1, -0.05) is 0 Å². The number of hydrogen-bond acceptors (Lipinski definition) is 2. The van der Waals surface area contributed by atoms with Gasteiger partial charge >= 0.3 is 0 Å². The molecule has 0 saturated heterocycles. The van der Waals surface area contributed by atoms with E-state index in [-0.39, 0.29) is 5.91 Å². The van der Waals surface area contributed by atoms with Gasteiger partial charge in [0.2, 0.25) is 5.91 Å². The van der Waals surface area contributed by atoms with Gasteiger partial charge in [0.25, 0.3) is 0 Å². The summed E-state index contributed by atoms with van der Waals surface area (Å²) >= 11 is 0. The molecule has 0 saturated carbocycles. The predicted molar refractivity (Wildman–Crippen MR) is 47.3 cm³/mol. The van der Waals surface area contributed by atoms with Crippen molar-refractivity contribution >= 4 is 5.91 Å². The van der Waals surface area contributed by atoms with Crippen LogP contribution in [0.1, 0.15) is 6.42 Å². The SMILES string of the molecule is CNC(=O)CCNn1cccc1. The Hall–Kier alpha value is -1.45. The van der Waals surface area contributed by atoms with Crippen molar-refractivity contribution < 1.29 is 4.79 Å². The van der Waals surface area contributed by atoms with Gasteiger partial charge in [-0.05, 0) is 12.1 Å². The summed E-state index contributed by atoms with van der Waals surface area (Å²) in [5.41, 5.74) is 3.05. The van der Waals surface area contributed by atoms with Crippen molar-refractivity contribution in [2.75, 3.05) is 19.0 Å². The first-order valence-electron chi connectivity index (χ1n) is 3.90. The second-order valence-electron chi connectivity index (χ2n) is 2.42. The maximum atomic E-state index is 10.8. The number of carbonyl (C=O) groups is 1. The second kappa shape index (κ2) is 4.43. The molecule has 0 bridgehead atoms. The molecule has 1 amide bonds. The van der Waals surface area contributed by atoms with E-state index in [0.717, 1.165) is 0 Å². The highest BCUT2D eigenvalue weighted by atomic mass is 16.1. The first-order valence-corrected chi connectivity index (χ1v) is 3.90. The molecule has 0 radical (unpaired) electrons. The molecule has 1 aromatic rings. The molecule has 0 aliphatic carbocycles. The molecule has 4 nitrogen and oxygen atoms in total. The van der Waals surface area contributed by atoms with Crippen molar-refractivity contribution in [3.8, 4) is 0 Å². The van der Waals surface area contributed by atoms with Crippen molar-refractivity contribution in [3.63, 3.8) is 0 Å². The highest BCUT2D eigenvalue weighted by Gasteiger charge is 1.95. The van der Waals surface area contributed by atoms with Gasteiger partial charge in [-0.2, -0.15) is 0 Å². The van der Waals surface area contributed by atoms with Crippen LogP contribution in [-0.2, 0) is 4.79 Å². The molecule has 1 rings (SSSR count). The number of nitrogens with one attached hydrogen (secondary N) is 2. The van der Waals surface area contributed by atoms with Crippen molar-refractivity contribution in [3.05, 3.63) is 24.5 Å². The molecule has 0 aromatic carbocycles. The van der Waals surface area contributed by atoms with E-state index < -0.39 is 0 Å². The number of rotatable bonds is 4. The molecule has 66 valence electrons. The Morgan fingerprint density at radius 3 is 2.67 bits per heavy atom. The lowest BCUT2D eigenvalue weighted by molar-refractivity contribution is -0.120. The standard InChI is InChI=1S/C8H13N3O/c1-9-8(12)4-5-10-11-6-2-3-7-11/h2-3,6-7,10H,4-5H2,1H3,(H,9,12). The summed E-state index contributed by atoms with van der Waals surface area (Å²) in [5, 5.41) is 2.56. The van der Waals surface area contributed by atoms with Crippen LogP contribution in [0.5, 0.6) is 0 Å². The predicted octanol–water partition coefficient (Wildman–Crippen LogP) is 0.168. The van der Waals surface area contributed by atoms with Crippen molar-refractivity contribution in [1.29, 1.82) is 0 Å². The fourth-order valence-corrected chi connectivity index (χ4v) is 0.863. The zero-order valence-electron chi connectivity index (χ0n) is 7.08. The number of amides is 1. The maximum absolute atomic E-state index is 10.8. The van der Waals surface area contributed by atoms with Gasteiger partial charge in [-0.25, -0.2) is 0 Å². The quantitative estimate of drug-likeness (QED) is 0.671. The molecular weight excluding hydrogens is 154 g/mol. The van der Waals surface area contributed by atoms with E-state index in [2.05, 4.69) is 10.7 Å². The third-order valence-corrected chi connectivity index (χ3v) is 1.53. The summed E-state index contributed by atoms with van der Waals surface area (Å²) in [4.78, 5) is 10.8. The van der Waals surface area contributed by atoms with Gasteiger partial charge in [0.15, 0.2) is 0 Å². The Balaban J connectivity index is 2.15. The molecule has 2 N–H and O–H groups in total. The summed E-state index contributed by atoms with van der Waals surface area (Å²) in [6, 6.07) is 3.85. The van der Waals surface area contributed by atoms with Crippen LogP contribution in [0.25, 0.3) is 0 Å². The molecule has 0 atom stereocenters. The maximum Gasteiger partial charge on any atom is 0.221 e. The van der Waals surface area contributed by atoms with E-state index >= 15 is 0 Å². The average Bonchev–Trinajstić information content (AvgIpc) is 2.57. The van der Waals surface area contributed by atoms with E-state index in [1.807, 2.05) is 29.2 Å². The van der Waals surface area contributed by atoms with E-state index in [1.54, 1.807) is 7.05 Å². The molecule has 0 unspecified atom stereocenters. The summed E-state index contributed by atoms with van der Waals surface area (Å²) in [5.74, 6) is 0.0506. The zero-order valence-corrected chi connectivity index (χ0v) is 7.08. The highest BCUT2D eigenvalue weighted by molar-refractivity contribution is 5.75. The minimum atomic E-state index is 0.0506. The Labute approximate surface area is 71.5 Å². The van der Waals surface area contributed by atoms with Crippen LogP contribution < -0.4 is 10.7 Å². The van der Waals surface area contributed by atoms with Crippen LogP contribution >= 0.6 is 0 Å². The van der Waals surface area contributed by atoms with Crippen LogP contribution in [0.4, 0.5) is 0 Å². The zero-order chi connectivity index (χ0) is 8.81. The molecule has 1 heterocycles. The van der Waals surface area contributed by atoms with Crippen LogP contribution in [0.3, 0.4) is 0 Å². The molecule has 0 aliphatic heterocycles. The lowest BCUT2D eigenvalue weighted by atomic mass is 10.4. The van der Waals surface area contributed by atoms with Crippen molar-refractivity contribution in [1.82, 2.24) is 9.99 Å². The molecule has 0 spiro atoms. The van der Waals surface area contributed by atoms with Crippen LogP contribution in [0, 0.1) is 0 Å². The van der Waals surface area contributed by atoms with Gasteiger partial charge in [-0.3, -0.25) is 9.47 Å². The van der Waals surface area contributed by atoms with Gasteiger partial charge in [0, 0.05) is 32.4 Å². The third kappa shape index (κ3) is 2.65. The lowest BCUT2D eigenvalue weighted by Gasteiger charge is -2.05. The minimum absolute atomic E-state index is 0.0506. The number of nitrogens with zero attached hydrogens (tertiary/aromatic N) is 1. The molecule has 0 aliphatic rings. The Kier molecular flexibility index (Phi) is 3.19. The number of aromatic nitrogens is 1. The van der Waals surface area contributed by atoms with Crippen molar-refractivity contribution in [2.45, 2.75) is 6.42 Å². The molecule has 1 aromatic heterocycles. The monoisotopic (exact) mass is 167 g/mol. The fraction of sp³-hybridized carbons (Fsp3) is 0.375. The van der Waals surface area contributed by atoms with Crippen LogP contribution in [0.15, 0.2) is 24.5 Å². The average molecular weight is 167 g/mol. The van der Waals surface area contributed by atoms with E-state index in [9.17, 15) is 4.79 Å². The molecule has 12 heavy (non-hydrogen) atoms. The van der Waals surface area contributed by atoms with Gasteiger partial charge in [0.1, 0.15) is 0 Å². The number of carbonyl (C=O) groups excluding carboxylic acids is 1. The lowest BCUT2D eigenvalue weighted by Crippen LogP contribution is -2.23. The summed E-state index contributed by atoms with van der Waals surface area (Å²) in [6.45, 7) is 0.647. The van der Waals surface area contributed by atoms with Gasteiger partial charge < -0.3 is 10.7 Å². The topological polar surface area (TPSA) is 46.1 Å². The Morgan fingerprint density at radius 2 is 2.08 bits per heavy atom. The second-order valence-corrected chi connectivity index (χ2v) is 2.42. The first-order chi connectivity index (χ1) is 5.83. The smallest absolute Gasteiger partial charge is 0.221 e. The summed E-state index contributed by atoms with van der Waals surface area (Å²) in [7, 11) is 1.64. The Bertz CT molecular complexity index is 230. The largest absolute Gasteiger partial charge is 0.359 e. The minimum Gasteiger partial charge on any atom is -0.359 e. The summed E-state index contributed by atoms with van der Waals surface area (Å²) in [6.07, 6.45) is 4.28. The molecule has 0 fully saturated rings. The van der Waals surface area contributed by atoms with Gasteiger partial charge in [0.05, 0.1) is 0 Å². The normalized spacial score (nSPS) is 9.42. The fourth-order valence-electron chi connectivity index (χ4n) is 0.863. The van der Waals surface area contributed by atoms with Crippen molar-refractivity contribution in [2.24, 2.45) is 0 Å². The first kappa shape index (κ1) is 8.64. The van der Waals surface area contributed by atoms with Crippen LogP contribution in [0.2, 0.25) is 0 Å². The highest BCUT2D eigenvalue weighted by Crippen LogP contribution is 1.85. The molecule has 4 heteroatoms.